The molecule has 0 bridgehead atoms. The van der Waals surface area contributed by atoms with Gasteiger partial charge in [-0.05, 0) is 47.0 Å². The monoisotopic (exact) mass is 439 g/mol. The van der Waals surface area contributed by atoms with Crippen LogP contribution in [0, 0.1) is 0 Å². The predicted octanol–water partition coefficient (Wildman–Crippen LogP) is 6.14. The molecule has 4 aromatic rings. The number of hydrogen-bond donors (Lipinski definition) is 0. The summed E-state index contributed by atoms with van der Waals surface area (Å²) in [6.07, 6.45) is 2.19. The number of methoxy groups -OCH3 is 1. The number of ether oxygens (including phenoxy) is 2. The van der Waals surface area contributed by atoms with E-state index in [1.165, 1.54) is 7.11 Å². The Morgan fingerprint density at radius 3 is 2.78 bits per heavy atom. The van der Waals surface area contributed by atoms with Crippen molar-refractivity contribution in [1.29, 1.82) is 0 Å². The van der Waals surface area contributed by atoms with E-state index in [4.69, 9.17) is 14.5 Å². The lowest BCUT2D eigenvalue weighted by Gasteiger charge is -2.12. The minimum atomic E-state index is -0.362. The molecular weight excluding hydrogens is 418 g/mol. The van der Waals surface area contributed by atoms with Crippen molar-refractivity contribution in [2.75, 3.05) is 12.9 Å². The molecule has 5 rings (SSSR count). The van der Waals surface area contributed by atoms with Crippen LogP contribution >= 0.6 is 11.8 Å². The van der Waals surface area contributed by atoms with Gasteiger partial charge < -0.3 is 9.47 Å². The van der Waals surface area contributed by atoms with Crippen molar-refractivity contribution in [3.05, 3.63) is 107 Å². The van der Waals surface area contributed by atoms with Crippen LogP contribution in [0.2, 0.25) is 0 Å². The largest absolute Gasteiger partial charge is 0.488 e. The average Bonchev–Trinajstić information content (AvgIpc) is 3.00. The molecular formula is C27H21NO3S. The van der Waals surface area contributed by atoms with Crippen LogP contribution in [0.5, 0.6) is 5.75 Å². The van der Waals surface area contributed by atoms with E-state index < -0.39 is 0 Å². The van der Waals surface area contributed by atoms with Crippen LogP contribution < -0.4 is 4.74 Å². The third kappa shape index (κ3) is 3.99. The van der Waals surface area contributed by atoms with Gasteiger partial charge in [0.2, 0.25) is 0 Å². The smallest absolute Gasteiger partial charge is 0.337 e. The van der Waals surface area contributed by atoms with Crippen LogP contribution in [-0.4, -0.2) is 23.8 Å². The Balaban J connectivity index is 1.52. The van der Waals surface area contributed by atoms with Crippen molar-refractivity contribution in [1.82, 2.24) is 4.98 Å². The fraction of sp³-hybridized carbons (Fsp3) is 0.111. The Morgan fingerprint density at radius 1 is 1.03 bits per heavy atom. The molecule has 0 atom stereocenters. The van der Waals surface area contributed by atoms with Gasteiger partial charge in [0.1, 0.15) is 12.4 Å². The molecule has 5 heteroatoms. The van der Waals surface area contributed by atoms with Gasteiger partial charge in [0.15, 0.2) is 0 Å². The van der Waals surface area contributed by atoms with Crippen molar-refractivity contribution in [3.8, 4) is 5.75 Å². The van der Waals surface area contributed by atoms with Crippen LogP contribution in [-0.2, 0) is 11.3 Å². The molecule has 158 valence electrons. The maximum atomic E-state index is 12.1. The fourth-order valence-corrected chi connectivity index (χ4v) is 4.63. The maximum absolute atomic E-state index is 12.1. The Morgan fingerprint density at radius 2 is 1.88 bits per heavy atom. The van der Waals surface area contributed by atoms with Crippen LogP contribution in [0.3, 0.4) is 0 Å². The molecule has 0 radical (unpaired) electrons. The van der Waals surface area contributed by atoms with Gasteiger partial charge in [-0.15, -0.1) is 11.8 Å². The minimum Gasteiger partial charge on any atom is -0.488 e. The molecule has 2 heterocycles. The number of carbonyl (C=O) groups is 1. The number of rotatable bonds is 4. The zero-order chi connectivity index (χ0) is 21.9. The topological polar surface area (TPSA) is 48.4 Å². The molecule has 0 saturated carbocycles. The second kappa shape index (κ2) is 8.89. The van der Waals surface area contributed by atoms with Gasteiger partial charge in [-0.3, -0.25) is 0 Å². The average molecular weight is 440 g/mol. The molecule has 0 saturated heterocycles. The fourth-order valence-electron chi connectivity index (χ4n) is 3.88. The highest BCUT2D eigenvalue weighted by atomic mass is 32.2. The molecule has 0 amide bonds. The highest BCUT2D eigenvalue weighted by Gasteiger charge is 2.20. The number of carbonyl (C=O) groups excluding carboxylic acids is 1. The number of para-hydroxylation sites is 1. The highest BCUT2D eigenvalue weighted by molar-refractivity contribution is 7.99. The van der Waals surface area contributed by atoms with Gasteiger partial charge in [-0.2, -0.15) is 0 Å². The van der Waals surface area contributed by atoms with E-state index in [0.717, 1.165) is 49.7 Å². The van der Waals surface area contributed by atoms with E-state index in [1.807, 2.05) is 42.5 Å². The van der Waals surface area contributed by atoms with Crippen molar-refractivity contribution >= 4 is 34.2 Å². The summed E-state index contributed by atoms with van der Waals surface area (Å²) in [5.41, 5.74) is 5.66. The van der Waals surface area contributed by atoms with Gasteiger partial charge in [0.25, 0.3) is 0 Å². The van der Waals surface area contributed by atoms with Gasteiger partial charge in [0, 0.05) is 16.7 Å². The summed E-state index contributed by atoms with van der Waals surface area (Å²) in [6, 6.07) is 25.9. The number of esters is 1. The minimum absolute atomic E-state index is 0.362. The van der Waals surface area contributed by atoms with E-state index in [2.05, 4.69) is 36.4 Å². The van der Waals surface area contributed by atoms with Crippen molar-refractivity contribution < 1.29 is 14.3 Å². The number of nitrogens with zero attached hydrogens (tertiary/aromatic N) is 1. The van der Waals surface area contributed by atoms with E-state index in [-0.39, 0.29) is 5.97 Å². The number of thioether (sulfide) groups is 1. The molecule has 32 heavy (non-hydrogen) atoms. The summed E-state index contributed by atoms with van der Waals surface area (Å²) in [5.74, 6) is 1.13. The second-order valence-electron chi connectivity index (χ2n) is 7.42. The summed E-state index contributed by atoms with van der Waals surface area (Å²) in [7, 11) is 1.39. The standard InChI is InChI=1S/C27H21NO3S/c1-30-27(29)19-10-12-25-23(16-19)22(21-8-4-2-7-20(21)17-31-25)14-15-32-26-13-11-18-6-3-5-9-24(18)28-26/h2-14,16H,15,17H2,1H3/b22-14+. The van der Waals surface area contributed by atoms with Crippen molar-refractivity contribution in [2.45, 2.75) is 11.6 Å². The summed E-state index contributed by atoms with van der Waals surface area (Å²) < 4.78 is 11.0. The lowest BCUT2D eigenvalue weighted by Crippen LogP contribution is -2.02. The number of aromatic nitrogens is 1. The molecule has 0 fully saturated rings. The molecule has 1 aliphatic rings. The number of hydrogen-bond acceptors (Lipinski definition) is 5. The van der Waals surface area contributed by atoms with Crippen LogP contribution in [0.15, 0.2) is 90.0 Å². The summed E-state index contributed by atoms with van der Waals surface area (Å²) in [6.45, 7) is 0.484. The Bertz CT molecular complexity index is 1350. The first-order valence-corrected chi connectivity index (χ1v) is 11.3. The summed E-state index contributed by atoms with van der Waals surface area (Å²) >= 11 is 1.68. The molecule has 0 aliphatic carbocycles. The van der Waals surface area contributed by atoms with Crippen molar-refractivity contribution in [2.24, 2.45) is 0 Å². The third-order valence-corrected chi connectivity index (χ3v) is 6.33. The molecule has 0 N–H and O–H groups in total. The summed E-state index contributed by atoms with van der Waals surface area (Å²) in [4.78, 5) is 16.9. The molecule has 4 nitrogen and oxygen atoms in total. The zero-order valence-corrected chi connectivity index (χ0v) is 18.4. The molecule has 0 unspecified atom stereocenters. The quantitative estimate of drug-likeness (QED) is 0.282. The van der Waals surface area contributed by atoms with Crippen LogP contribution in [0.4, 0.5) is 0 Å². The second-order valence-corrected chi connectivity index (χ2v) is 8.46. The zero-order valence-electron chi connectivity index (χ0n) is 17.6. The Hall–Kier alpha value is -3.57. The number of benzene rings is 3. The van der Waals surface area contributed by atoms with E-state index >= 15 is 0 Å². The van der Waals surface area contributed by atoms with Gasteiger partial charge in [0.05, 0.1) is 23.2 Å². The van der Waals surface area contributed by atoms with E-state index in [1.54, 1.807) is 17.8 Å². The van der Waals surface area contributed by atoms with E-state index in [0.29, 0.717) is 12.2 Å². The molecule has 3 aromatic carbocycles. The lowest BCUT2D eigenvalue weighted by atomic mass is 9.93. The molecule has 0 spiro atoms. The Kier molecular flexibility index (Phi) is 5.65. The Labute approximate surface area is 190 Å². The first-order chi connectivity index (χ1) is 15.7. The predicted molar refractivity (Wildman–Crippen MR) is 128 cm³/mol. The van der Waals surface area contributed by atoms with Crippen LogP contribution in [0.1, 0.15) is 27.0 Å². The summed E-state index contributed by atoms with van der Waals surface area (Å²) in [5, 5.41) is 2.11. The number of pyridine rings is 1. The lowest BCUT2D eigenvalue weighted by molar-refractivity contribution is 0.0600. The molecule has 1 aliphatic heterocycles. The number of fused-ring (bicyclic) bond motifs is 3. The van der Waals surface area contributed by atoms with Gasteiger partial charge >= 0.3 is 5.97 Å². The van der Waals surface area contributed by atoms with Gasteiger partial charge in [-0.1, -0.05) is 54.6 Å². The SMILES string of the molecule is COC(=O)c1ccc2c(c1)/C(=C/CSc1ccc3ccccc3n1)c1ccccc1CO2. The third-order valence-electron chi connectivity index (χ3n) is 5.47. The van der Waals surface area contributed by atoms with Gasteiger partial charge in [-0.25, -0.2) is 9.78 Å². The normalized spacial score (nSPS) is 13.7. The maximum Gasteiger partial charge on any atom is 0.337 e. The molecule has 1 aromatic heterocycles. The van der Waals surface area contributed by atoms with Crippen LogP contribution in [0.25, 0.3) is 16.5 Å². The van der Waals surface area contributed by atoms with Crippen molar-refractivity contribution in [3.63, 3.8) is 0 Å². The highest BCUT2D eigenvalue weighted by Crippen LogP contribution is 2.38. The first kappa shape index (κ1) is 20.3. The first-order valence-electron chi connectivity index (χ1n) is 10.4. The van der Waals surface area contributed by atoms with E-state index in [9.17, 15) is 4.79 Å².